The van der Waals surface area contributed by atoms with Gasteiger partial charge in [0, 0.05) is 26.4 Å². The van der Waals surface area contributed by atoms with E-state index in [4.69, 9.17) is 23.2 Å². The minimum Gasteiger partial charge on any atom is -0.321 e. The predicted molar refractivity (Wildman–Crippen MR) is 119 cm³/mol. The Labute approximate surface area is 182 Å². The van der Waals surface area contributed by atoms with Crippen LogP contribution >= 0.6 is 45.9 Å². The van der Waals surface area contributed by atoms with Crippen LogP contribution in [0.1, 0.15) is 15.5 Å². The maximum atomic E-state index is 12.8. The van der Waals surface area contributed by atoms with Gasteiger partial charge in [-0.25, -0.2) is 0 Å². The van der Waals surface area contributed by atoms with Crippen LogP contribution in [-0.4, -0.2) is 25.7 Å². The van der Waals surface area contributed by atoms with Crippen molar-refractivity contribution in [3.63, 3.8) is 0 Å². The van der Waals surface area contributed by atoms with E-state index in [1.807, 2.05) is 37.3 Å². The zero-order valence-electron chi connectivity index (χ0n) is 14.8. The Morgan fingerprint density at radius 3 is 2.79 bits per heavy atom. The molecule has 29 heavy (non-hydrogen) atoms. The average Bonchev–Trinajstić information content (AvgIpc) is 3.37. The Morgan fingerprint density at radius 1 is 1.10 bits per heavy atom. The summed E-state index contributed by atoms with van der Waals surface area (Å²) in [5.74, 6) is 0.463. The largest absolute Gasteiger partial charge is 0.321 e. The van der Waals surface area contributed by atoms with Gasteiger partial charge >= 0.3 is 0 Å². The number of carbonyl (C=O) groups is 1. The zero-order chi connectivity index (χ0) is 20.1. The number of nitrogens with zero attached hydrogens (tertiary/aromatic N) is 4. The van der Waals surface area contributed by atoms with Crippen molar-refractivity contribution < 1.29 is 4.79 Å². The molecule has 2 aromatic carbocycles. The summed E-state index contributed by atoms with van der Waals surface area (Å²) in [6.07, 6.45) is 0. The zero-order valence-corrected chi connectivity index (χ0v) is 18.0. The standard InChI is InChI=1S/C19H11Cl2N5OS2/c1-9-23-24-19-26(9)25-18(29-19)10-3-2-4-12(7-10)22-17(27)16-15(21)13-6-5-11(20)8-14(13)28-16/h2-8H,1H3,(H,22,27). The molecule has 0 radical (unpaired) electrons. The predicted octanol–water partition coefficient (Wildman–Crippen LogP) is 5.94. The second-order valence-corrected chi connectivity index (χ2v) is 9.09. The smallest absolute Gasteiger partial charge is 0.267 e. The van der Waals surface area contributed by atoms with Gasteiger partial charge in [-0.3, -0.25) is 4.79 Å². The fourth-order valence-corrected chi connectivity index (χ4v) is 5.50. The van der Waals surface area contributed by atoms with Crippen molar-refractivity contribution in [1.82, 2.24) is 19.8 Å². The number of benzene rings is 2. The summed E-state index contributed by atoms with van der Waals surface area (Å²) in [5.41, 5.74) is 1.54. The molecule has 3 heterocycles. The number of aromatic nitrogens is 4. The number of carbonyl (C=O) groups excluding carboxylic acids is 1. The topological polar surface area (TPSA) is 72.2 Å². The van der Waals surface area contributed by atoms with Gasteiger partial charge < -0.3 is 5.32 Å². The molecule has 1 amide bonds. The van der Waals surface area contributed by atoms with Gasteiger partial charge in [0.25, 0.3) is 5.91 Å². The van der Waals surface area contributed by atoms with Crippen LogP contribution < -0.4 is 5.32 Å². The third-order valence-electron chi connectivity index (χ3n) is 4.31. The Kier molecular flexibility index (Phi) is 4.51. The molecule has 0 unspecified atom stereocenters. The molecule has 0 aliphatic rings. The summed E-state index contributed by atoms with van der Waals surface area (Å²) in [6, 6.07) is 12.9. The summed E-state index contributed by atoms with van der Waals surface area (Å²) in [5, 5.41) is 18.2. The van der Waals surface area contributed by atoms with E-state index in [1.165, 1.54) is 22.7 Å². The molecule has 1 N–H and O–H groups in total. The fraction of sp³-hybridized carbons (Fsp3) is 0.0526. The second-order valence-electron chi connectivity index (χ2n) is 6.27. The molecule has 0 aliphatic carbocycles. The van der Waals surface area contributed by atoms with Crippen molar-refractivity contribution in [1.29, 1.82) is 0 Å². The number of anilines is 1. The lowest BCUT2D eigenvalue weighted by Crippen LogP contribution is -2.10. The van der Waals surface area contributed by atoms with Gasteiger partial charge in [-0.2, -0.15) is 9.61 Å². The molecule has 5 aromatic rings. The molecule has 3 aromatic heterocycles. The highest BCUT2D eigenvalue weighted by Gasteiger charge is 2.18. The van der Waals surface area contributed by atoms with Crippen molar-refractivity contribution in [2.45, 2.75) is 6.92 Å². The Morgan fingerprint density at radius 2 is 1.97 bits per heavy atom. The monoisotopic (exact) mass is 459 g/mol. The third kappa shape index (κ3) is 3.28. The lowest BCUT2D eigenvalue weighted by atomic mass is 10.2. The molecule has 6 nitrogen and oxygen atoms in total. The summed E-state index contributed by atoms with van der Waals surface area (Å²) < 4.78 is 2.57. The van der Waals surface area contributed by atoms with Gasteiger partial charge in [0.2, 0.25) is 4.96 Å². The van der Waals surface area contributed by atoms with Crippen LogP contribution in [0.3, 0.4) is 0 Å². The number of thiophene rings is 1. The van der Waals surface area contributed by atoms with Crippen LogP contribution in [0.5, 0.6) is 0 Å². The van der Waals surface area contributed by atoms with Gasteiger partial charge in [0.15, 0.2) is 5.82 Å². The highest BCUT2D eigenvalue weighted by atomic mass is 35.5. The molecule has 0 bridgehead atoms. The van der Waals surface area contributed by atoms with Gasteiger partial charge in [0.1, 0.15) is 9.88 Å². The molecular formula is C19H11Cl2N5OS2. The molecule has 0 saturated heterocycles. The van der Waals surface area contributed by atoms with Crippen LogP contribution in [0.4, 0.5) is 5.69 Å². The van der Waals surface area contributed by atoms with E-state index >= 15 is 0 Å². The summed E-state index contributed by atoms with van der Waals surface area (Å²) >= 11 is 15.2. The van der Waals surface area contributed by atoms with Gasteiger partial charge in [-0.1, -0.05) is 52.7 Å². The number of hydrogen-bond acceptors (Lipinski definition) is 6. The van der Waals surface area contributed by atoms with E-state index in [0.29, 0.717) is 20.6 Å². The first kappa shape index (κ1) is 18.5. The molecule has 10 heteroatoms. The minimum atomic E-state index is -0.265. The van der Waals surface area contributed by atoms with Crippen LogP contribution in [0.25, 0.3) is 25.6 Å². The molecule has 0 fully saturated rings. The van der Waals surface area contributed by atoms with Crippen molar-refractivity contribution in [2.24, 2.45) is 0 Å². The van der Waals surface area contributed by atoms with Gasteiger partial charge in [-0.15, -0.1) is 21.5 Å². The highest BCUT2D eigenvalue weighted by molar-refractivity contribution is 7.21. The lowest BCUT2D eigenvalue weighted by Gasteiger charge is -2.05. The summed E-state index contributed by atoms with van der Waals surface area (Å²) in [4.78, 5) is 14.0. The van der Waals surface area contributed by atoms with E-state index in [2.05, 4.69) is 20.6 Å². The SMILES string of the molecule is Cc1nnc2sc(-c3cccc(NC(=O)c4sc5cc(Cl)ccc5c4Cl)c3)nn12. The first-order valence-electron chi connectivity index (χ1n) is 8.48. The van der Waals surface area contributed by atoms with Gasteiger partial charge in [0.05, 0.1) is 5.02 Å². The maximum absolute atomic E-state index is 12.8. The van der Waals surface area contributed by atoms with Crippen molar-refractivity contribution in [2.75, 3.05) is 5.32 Å². The molecule has 5 rings (SSSR count). The minimum absolute atomic E-state index is 0.265. The Bertz CT molecular complexity index is 1400. The van der Waals surface area contributed by atoms with Crippen LogP contribution in [0.15, 0.2) is 42.5 Å². The lowest BCUT2D eigenvalue weighted by molar-refractivity contribution is 0.103. The van der Waals surface area contributed by atoms with Crippen molar-refractivity contribution in [3.05, 3.63) is 63.2 Å². The Balaban J connectivity index is 1.45. The third-order valence-corrected chi connectivity index (χ3v) is 7.15. The normalized spacial score (nSPS) is 11.4. The fourth-order valence-electron chi connectivity index (χ4n) is 2.93. The quantitative estimate of drug-likeness (QED) is 0.362. The number of halogens is 2. The number of aryl methyl sites for hydroxylation is 1. The van der Waals surface area contributed by atoms with E-state index < -0.39 is 0 Å². The first-order valence-corrected chi connectivity index (χ1v) is 10.9. The second kappa shape index (κ2) is 7.07. The van der Waals surface area contributed by atoms with E-state index in [0.717, 1.165) is 31.4 Å². The summed E-state index contributed by atoms with van der Waals surface area (Å²) in [6.45, 7) is 1.85. The highest BCUT2D eigenvalue weighted by Crippen LogP contribution is 2.37. The van der Waals surface area contributed by atoms with E-state index in [1.54, 1.807) is 16.6 Å². The van der Waals surface area contributed by atoms with E-state index in [-0.39, 0.29) is 5.91 Å². The van der Waals surface area contributed by atoms with Crippen molar-refractivity contribution >= 4 is 72.5 Å². The van der Waals surface area contributed by atoms with Crippen LogP contribution in [0.2, 0.25) is 10.0 Å². The molecule has 0 saturated carbocycles. The summed E-state index contributed by atoms with van der Waals surface area (Å²) in [7, 11) is 0. The Hall–Kier alpha value is -2.52. The van der Waals surface area contributed by atoms with Gasteiger partial charge in [-0.05, 0) is 31.2 Å². The van der Waals surface area contributed by atoms with E-state index in [9.17, 15) is 4.79 Å². The molecule has 144 valence electrons. The molecule has 0 atom stereocenters. The molecule has 0 aliphatic heterocycles. The van der Waals surface area contributed by atoms with Crippen LogP contribution in [0, 0.1) is 6.92 Å². The molecule has 0 spiro atoms. The number of nitrogens with one attached hydrogen (secondary N) is 1. The van der Waals surface area contributed by atoms with Crippen LogP contribution in [-0.2, 0) is 0 Å². The number of fused-ring (bicyclic) bond motifs is 2. The number of hydrogen-bond donors (Lipinski definition) is 1. The maximum Gasteiger partial charge on any atom is 0.267 e. The first-order chi connectivity index (χ1) is 14.0. The average molecular weight is 460 g/mol. The number of amides is 1. The molecular weight excluding hydrogens is 449 g/mol. The van der Waals surface area contributed by atoms with Crippen molar-refractivity contribution in [3.8, 4) is 10.6 Å². The number of rotatable bonds is 3.